The SMILES string of the molecule is CC(OCC1(CBr)CCC1)c1ccccc1. The van der Waals surface area contributed by atoms with Crippen molar-refractivity contribution in [2.45, 2.75) is 32.3 Å². The van der Waals surface area contributed by atoms with E-state index in [0.29, 0.717) is 5.41 Å². The first kappa shape index (κ1) is 12.1. The van der Waals surface area contributed by atoms with Crippen molar-refractivity contribution in [3.8, 4) is 0 Å². The maximum absolute atomic E-state index is 6.00. The molecule has 0 heterocycles. The molecule has 2 rings (SSSR count). The summed E-state index contributed by atoms with van der Waals surface area (Å²) in [5, 5.41) is 1.07. The summed E-state index contributed by atoms with van der Waals surface area (Å²) in [6, 6.07) is 10.4. The highest BCUT2D eigenvalue weighted by Gasteiger charge is 2.36. The first-order valence-electron chi connectivity index (χ1n) is 5.98. The standard InChI is InChI=1S/C14H19BrO/c1-12(13-6-3-2-4-7-13)16-11-14(10-15)8-5-9-14/h2-4,6-7,12H,5,8-11H2,1H3. The highest BCUT2D eigenvalue weighted by molar-refractivity contribution is 9.09. The average Bonchev–Trinajstić information content (AvgIpc) is 2.29. The van der Waals surface area contributed by atoms with Crippen LogP contribution in [0.1, 0.15) is 37.9 Å². The van der Waals surface area contributed by atoms with E-state index in [9.17, 15) is 0 Å². The van der Waals surface area contributed by atoms with Gasteiger partial charge in [-0.25, -0.2) is 0 Å². The Kier molecular flexibility index (Phi) is 4.04. The molecule has 1 aromatic rings. The number of hydrogen-bond acceptors (Lipinski definition) is 1. The minimum absolute atomic E-state index is 0.206. The van der Waals surface area contributed by atoms with Crippen LogP contribution in [0.2, 0.25) is 0 Å². The fourth-order valence-corrected chi connectivity index (χ4v) is 2.84. The molecular weight excluding hydrogens is 264 g/mol. The molecule has 1 aliphatic rings. The van der Waals surface area contributed by atoms with Gasteiger partial charge in [0.05, 0.1) is 12.7 Å². The molecule has 0 saturated heterocycles. The molecule has 0 amide bonds. The van der Waals surface area contributed by atoms with Crippen LogP contribution in [0.4, 0.5) is 0 Å². The lowest BCUT2D eigenvalue weighted by atomic mass is 9.71. The number of rotatable bonds is 5. The molecule has 0 spiro atoms. The molecule has 0 bridgehead atoms. The first-order chi connectivity index (χ1) is 7.76. The van der Waals surface area contributed by atoms with Crippen LogP contribution in [-0.4, -0.2) is 11.9 Å². The molecule has 1 unspecified atom stereocenters. The largest absolute Gasteiger partial charge is 0.373 e. The van der Waals surface area contributed by atoms with Crippen molar-refractivity contribution in [2.24, 2.45) is 5.41 Å². The monoisotopic (exact) mass is 282 g/mol. The zero-order valence-electron chi connectivity index (χ0n) is 9.79. The van der Waals surface area contributed by atoms with Gasteiger partial charge in [0.1, 0.15) is 0 Å². The van der Waals surface area contributed by atoms with E-state index in [1.165, 1.54) is 24.8 Å². The van der Waals surface area contributed by atoms with Gasteiger partial charge in [-0.1, -0.05) is 52.7 Å². The quantitative estimate of drug-likeness (QED) is 0.731. The third kappa shape index (κ3) is 2.67. The van der Waals surface area contributed by atoms with Crippen molar-refractivity contribution in [3.63, 3.8) is 0 Å². The summed E-state index contributed by atoms with van der Waals surface area (Å²) in [7, 11) is 0. The molecule has 88 valence electrons. The van der Waals surface area contributed by atoms with Crippen molar-refractivity contribution < 1.29 is 4.74 Å². The number of alkyl halides is 1. The van der Waals surface area contributed by atoms with E-state index in [4.69, 9.17) is 4.74 Å². The number of halogens is 1. The predicted octanol–water partition coefficient (Wildman–Crippen LogP) is 4.33. The molecule has 1 aromatic carbocycles. The van der Waals surface area contributed by atoms with Gasteiger partial charge < -0.3 is 4.74 Å². The Labute approximate surface area is 106 Å². The second-order valence-electron chi connectivity index (χ2n) is 4.85. The zero-order valence-corrected chi connectivity index (χ0v) is 11.4. The molecule has 1 nitrogen and oxygen atoms in total. The fraction of sp³-hybridized carbons (Fsp3) is 0.571. The van der Waals surface area contributed by atoms with E-state index in [1.54, 1.807) is 0 Å². The van der Waals surface area contributed by atoms with Crippen LogP contribution >= 0.6 is 15.9 Å². The van der Waals surface area contributed by atoms with Crippen LogP contribution < -0.4 is 0 Å². The summed E-state index contributed by atoms with van der Waals surface area (Å²) in [5.74, 6) is 0. The van der Waals surface area contributed by atoms with Gasteiger partial charge in [-0.05, 0) is 25.3 Å². The normalized spacial score (nSPS) is 20.1. The molecule has 16 heavy (non-hydrogen) atoms. The summed E-state index contributed by atoms with van der Waals surface area (Å²) < 4.78 is 6.00. The van der Waals surface area contributed by atoms with E-state index in [1.807, 2.05) is 6.07 Å². The lowest BCUT2D eigenvalue weighted by Gasteiger charge is -2.40. The van der Waals surface area contributed by atoms with Gasteiger partial charge >= 0.3 is 0 Å². The minimum atomic E-state index is 0.206. The summed E-state index contributed by atoms with van der Waals surface area (Å²) in [5.41, 5.74) is 1.69. The van der Waals surface area contributed by atoms with Gasteiger partial charge in [0.25, 0.3) is 0 Å². The maximum atomic E-state index is 6.00. The van der Waals surface area contributed by atoms with Gasteiger partial charge in [-0.3, -0.25) is 0 Å². The van der Waals surface area contributed by atoms with Crippen LogP contribution in [0.5, 0.6) is 0 Å². The third-order valence-electron chi connectivity index (χ3n) is 3.61. The van der Waals surface area contributed by atoms with Crippen molar-refractivity contribution in [1.29, 1.82) is 0 Å². The number of benzene rings is 1. The Bertz CT molecular complexity index is 313. The van der Waals surface area contributed by atoms with Gasteiger partial charge in [-0.2, -0.15) is 0 Å². The predicted molar refractivity (Wildman–Crippen MR) is 70.9 cm³/mol. The maximum Gasteiger partial charge on any atom is 0.0797 e. The number of ether oxygens (including phenoxy) is 1. The van der Waals surface area contributed by atoms with E-state index in [0.717, 1.165) is 11.9 Å². The Balaban J connectivity index is 1.86. The Hall–Kier alpha value is -0.340. The highest BCUT2D eigenvalue weighted by Crippen LogP contribution is 2.43. The smallest absolute Gasteiger partial charge is 0.0797 e. The van der Waals surface area contributed by atoms with Crippen LogP contribution in [0.3, 0.4) is 0 Å². The first-order valence-corrected chi connectivity index (χ1v) is 7.10. The fourth-order valence-electron chi connectivity index (χ4n) is 2.12. The lowest BCUT2D eigenvalue weighted by molar-refractivity contribution is -0.0263. The average molecular weight is 283 g/mol. The van der Waals surface area contributed by atoms with Crippen LogP contribution in [-0.2, 0) is 4.74 Å². The summed E-state index contributed by atoms with van der Waals surface area (Å²) >= 11 is 3.61. The Morgan fingerprint density at radius 3 is 2.50 bits per heavy atom. The molecule has 1 atom stereocenters. The third-order valence-corrected chi connectivity index (χ3v) is 4.80. The molecule has 2 heteroatoms. The molecule has 1 fully saturated rings. The van der Waals surface area contributed by atoms with Crippen molar-refractivity contribution >= 4 is 15.9 Å². The Morgan fingerprint density at radius 2 is 2.00 bits per heavy atom. The molecule has 1 aliphatic carbocycles. The summed E-state index contributed by atoms with van der Waals surface area (Å²) in [6.45, 7) is 3.02. The topological polar surface area (TPSA) is 9.23 Å². The van der Waals surface area contributed by atoms with E-state index in [2.05, 4.69) is 47.1 Å². The molecule has 1 saturated carbocycles. The Morgan fingerprint density at radius 1 is 1.31 bits per heavy atom. The van der Waals surface area contributed by atoms with Crippen LogP contribution in [0.25, 0.3) is 0 Å². The van der Waals surface area contributed by atoms with Gasteiger partial charge in [-0.15, -0.1) is 0 Å². The van der Waals surface area contributed by atoms with Crippen molar-refractivity contribution in [1.82, 2.24) is 0 Å². The van der Waals surface area contributed by atoms with Crippen LogP contribution in [0, 0.1) is 5.41 Å². The van der Waals surface area contributed by atoms with E-state index in [-0.39, 0.29) is 6.10 Å². The van der Waals surface area contributed by atoms with E-state index < -0.39 is 0 Å². The lowest BCUT2D eigenvalue weighted by Crippen LogP contribution is -2.36. The molecule has 0 aromatic heterocycles. The van der Waals surface area contributed by atoms with E-state index >= 15 is 0 Å². The highest BCUT2D eigenvalue weighted by atomic mass is 79.9. The minimum Gasteiger partial charge on any atom is -0.373 e. The van der Waals surface area contributed by atoms with Crippen LogP contribution in [0.15, 0.2) is 30.3 Å². The molecule has 0 aliphatic heterocycles. The van der Waals surface area contributed by atoms with Gasteiger partial charge in [0.2, 0.25) is 0 Å². The zero-order chi connectivity index (χ0) is 11.4. The van der Waals surface area contributed by atoms with Crippen molar-refractivity contribution in [2.75, 3.05) is 11.9 Å². The molecule has 0 radical (unpaired) electrons. The molecule has 0 N–H and O–H groups in total. The number of hydrogen-bond donors (Lipinski definition) is 0. The second kappa shape index (κ2) is 5.33. The molecular formula is C14H19BrO. The van der Waals surface area contributed by atoms with Gasteiger partial charge in [0, 0.05) is 10.7 Å². The summed E-state index contributed by atoms with van der Waals surface area (Å²) in [4.78, 5) is 0. The summed E-state index contributed by atoms with van der Waals surface area (Å²) in [6.07, 6.45) is 4.17. The second-order valence-corrected chi connectivity index (χ2v) is 5.41. The van der Waals surface area contributed by atoms with Gasteiger partial charge in [0.15, 0.2) is 0 Å². The van der Waals surface area contributed by atoms with Crippen molar-refractivity contribution in [3.05, 3.63) is 35.9 Å².